The molecule has 32 heavy (non-hydrogen) atoms. The van der Waals surface area contributed by atoms with Crippen LogP contribution in [0, 0.1) is 0 Å². The van der Waals surface area contributed by atoms with Gasteiger partial charge in [-0.05, 0) is 37.3 Å². The molecule has 1 atom stereocenters. The molecule has 0 bridgehead atoms. The summed E-state index contributed by atoms with van der Waals surface area (Å²) in [6.07, 6.45) is 1.09. The minimum atomic E-state index is -0.717. The summed E-state index contributed by atoms with van der Waals surface area (Å²) in [6, 6.07) is 16.2. The van der Waals surface area contributed by atoms with Crippen molar-refractivity contribution in [2.45, 2.75) is 13.0 Å². The fourth-order valence-corrected chi connectivity index (χ4v) is 3.32. The van der Waals surface area contributed by atoms with E-state index in [9.17, 15) is 4.79 Å². The van der Waals surface area contributed by atoms with Crippen LogP contribution in [0.4, 0.5) is 5.69 Å². The topological polar surface area (TPSA) is 96.2 Å². The Bertz CT molecular complexity index is 1300. The van der Waals surface area contributed by atoms with Crippen LogP contribution in [0.1, 0.15) is 6.92 Å². The molecular weight excluding hydrogens is 412 g/mol. The Morgan fingerprint density at radius 1 is 1.12 bits per heavy atom. The number of ether oxygens (including phenoxy) is 4. The van der Waals surface area contributed by atoms with Gasteiger partial charge in [-0.25, -0.2) is 9.50 Å². The number of fused-ring (bicyclic) bond motifs is 2. The molecule has 2 aromatic heterocycles. The normalized spacial score (nSPS) is 13.1. The van der Waals surface area contributed by atoms with Gasteiger partial charge in [0.25, 0.3) is 5.91 Å². The van der Waals surface area contributed by atoms with Crippen molar-refractivity contribution in [3.05, 3.63) is 60.8 Å². The highest BCUT2D eigenvalue weighted by atomic mass is 16.7. The average Bonchev–Trinajstić information content (AvgIpc) is 3.45. The number of hydrogen-bond donors (Lipinski definition) is 1. The average molecular weight is 432 g/mol. The Morgan fingerprint density at radius 3 is 2.88 bits per heavy atom. The number of hydrogen-bond acceptors (Lipinski definition) is 7. The third-order valence-corrected chi connectivity index (χ3v) is 4.96. The molecule has 9 heteroatoms. The summed E-state index contributed by atoms with van der Waals surface area (Å²) in [5.74, 6) is 2.01. The molecule has 1 aliphatic heterocycles. The van der Waals surface area contributed by atoms with Gasteiger partial charge in [0.1, 0.15) is 5.75 Å². The number of rotatable bonds is 6. The number of methoxy groups -OCH3 is 1. The Labute approximate surface area is 183 Å². The van der Waals surface area contributed by atoms with Crippen molar-refractivity contribution in [2.24, 2.45) is 0 Å². The van der Waals surface area contributed by atoms with Crippen LogP contribution in [0.2, 0.25) is 0 Å². The molecule has 5 rings (SSSR count). The lowest BCUT2D eigenvalue weighted by Crippen LogP contribution is -2.30. The van der Waals surface area contributed by atoms with Crippen LogP contribution in [-0.4, -0.2) is 40.5 Å². The van der Waals surface area contributed by atoms with Gasteiger partial charge in [0.15, 0.2) is 23.3 Å². The quantitative estimate of drug-likeness (QED) is 0.498. The predicted octanol–water partition coefficient (Wildman–Crippen LogP) is 3.54. The molecule has 0 fully saturated rings. The molecule has 162 valence electrons. The standard InChI is InChI=1S/C23H20N4O5/c1-14(32-17-6-7-19-20(11-17)31-13-30-19)23(28)24-16-5-3-4-15(10-16)18-12-27-21(25-18)8-9-22(26-27)29-2/h3-12,14H,13H2,1-2H3,(H,24,28)/t14-/m1/s1. The molecule has 0 unspecified atom stereocenters. The van der Waals surface area contributed by atoms with Crippen molar-refractivity contribution in [1.82, 2.24) is 14.6 Å². The first kappa shape index (κ1) is 19.7. The van der Waals surface area contributed by atoms with Gasteiger partial charge in [0.05, 0.1) is 19.0 Å². The number of nitrogens with zero attached hydrogens (tertiary/aromatic N) is 3. The third kappa shape index (κ3) is 3.87. The lowest BCUT2D eigenvalue weighted by Gasteiger charge is -2.15. The second-order valence-electron chi connectivity index (χ2n) is 7.15. The van der Waals surface area contributed by atoms with E-state index in [1.807, 2.05) is 36.5 Å². The van der Waals surface area contributed by atoms with Gasteiger partial charge in [0, 0.05) is 23.4 Å². The summed E-state index contributed by atoms with van der Waals surface area (Å²) in [7, 11) is 1.56. The maximum Gasteiger partial charge on any atom is 0.265 e. The van der Waals surface area contributed by atoms with Gasteiger partial charge in [0.2, 0.25) is 12.7 Å². The smallest absolute Gasteiger partial charge is 0.265 e. The molecule has 0 aliphatic carbocycles. The minimum Gasteiger partial charge on any atom is -0.481 e. The fourth-order valence-electron chi connectivity index (χ4n) is 3.32. The lowest BCUT2D eigenvalue weighted by molar-refractivity contribution is -0.122. The van der Waals surface area contributed by atoms with Crippen molar-refractivity contribution >= 4 is 17.2 Å². The number of amides is 1. The van der Waals surface area contributed by atoms with Crippen molar-refractivity contribution in [2.75, 3.05) is 19.2 Å². The monoisotopic (exact) mass is 432 g/mol. The SMILES string of the molecule is COc1ccc2nc(-c3cccc(NC(=O)[C@@H](C)Oc4ccc5c(c4)OCO5)c3)cn2n1. The number of imidazole rings is 1. The van der Waals surface area contributed by atoms with Gasteiger partial charge in [-0.1, -0.05) is 12.1 Å². The number of nitrogens with one attached hydrogen (secondary N) is 1. The minimum absolute atomic E-state index is 0.182. The summed E-state index contributed by atoms with van der Waals surface area (Å²) in [6.45, 7) is 1.87. The van der Waals surface area contributed by atoms with E-state index in [0.29, 0.717) is 34.5 Å². The molecule has 0 spiro atoms. The number of carbonyl (C=O) groups is 1. The number of benzene rings is 2. The molecular formula is C23H20N4O5. The maximum absolute atomic E-state index is 12.7. The molecule has 4 aromatic rings. The molecule has 3 heterocycles. The Balaban J connectivity index is 1.29. The van der Waals surface area contributed by atoms with Crippen molar-refractivity contribution in [3.8, 4) is 34.4 Å². The zero-order chi connectivity index (χ0) is 22.1. The van der Waals surface area contributed by atoms with E-state index in [-0.39, 0.29) is 12.7 Å². The van der Waals surface area contributed by atoms with Gasteiger partial charge < -0.3 is 24.3 Å². The van der Waals surface area contributed by atoms with Crippen LogP contribution >= 0.6 is 0 Å². The fraction of sp³-hybridized carbons (Fsp3) is 0.174. The van der Waals surface area contributed by atoms with Gasteiger partial charge >= 0.3 is 0 Å². The van der Waals surface area contributed by atoms with E-state index in [1.54, 1.807) is 42.8 Å². The van der Waals surface area contributed by atoms with Crippen LogP contribution in [0.25, 0.3) is 16.9 Å². The summed E-state index contributed by atoms with van der Waals surface area (Å²) in [5.41, 5.74) is 2.90. The molecule has 9 nitrogen and oxygen atoms in total. The molecule has 1 amide bonds. The second-order valence-corrected chi connectivity index (χ2v) is 7.15. The molecule has 1 N–H and O–H groups in total. The zero-order valence-corrected chi connectivity index (χ0v) is 17.4. The van der Waals surface area contributed by atoms with Crippen LogP contribution in [0.5, 0.6) is 23.1 Å². The lowest BCUT2D eigenvalue weighted by atomic mass is 10.1. The van der Waals surface area contributed by atoms with Crippen LogP contribution in [0.3, 0.4) is 0 Å². The van der Waals surface area contributed by atoms with E-state index in [1.165, 1.54) is 0 Å². The van der Waals surface area contributed by atoms with E-state index in [2.05, 4.69) is 15.4 Å². The second kappa shape index (κ2) is 8.10. The molecule has 0 saturated heterocycles. The Kier molecular flexibility index (Phi) is 4.98. The first-order valence-corrected chi connectivity index (χ1v) is 9.97. The number of anilines is 1. The number of aromatic nitrogens is 3. The van der Waals surface area contributed by atoms with Gasteiger partial charge in [-0.15, -0.1) is 5.10 Å². The third-order valence-electron chi connectivity index (χ3n) is 4.96. The largest absolute Gasteiger partial charge is 0.481 e. The zero-order valence-electron chi connectivity index (χ0n) is 17.4. The van der Waals surface area contributed by atoms with E-state index >= 15 is 0 Å². The summed E-state index contributed by atoms with van der Waals surface area (Å²) in [4.78, 5) is 17.3. The predicted molar refractivity (Wildman–Crippen MR) is 116 cm³/mol. The Morgan fingerprint density at radius 2 is 2.00 bits per heavy atom. The van der Waals surface area contributed by atoms with Crippen LogP contribution < -0.4 is 24.3 Å². The molecule has 0 radical (unpaired) electrons. The number of carbonyl (C=O) groups excluding carboxylic acids is 1. The summed E-state index contributed by atoms with van der Waals surface area (Å²) in [5, 5.41) is 7.21. The molecule has 0 saturated carbocycles. The maximum atomic E-state index is 12.7. The molecule has 2 aromatic carbocycles. The van der Waals surface area contributed by atoms with Crippen LogP contribution in [-0.2, 0) is 4.79 Å². The first-order chi connectivity index (χ1) is 15.6. The van der Waals surface area contributed by atoms with Gasteiger partial charge in [-0.2, -0.15) is 0 Å². The van der Waals surface area contributed by atoms with Crippen molar-refractivity contribution < 1.29 is 23.7 Å². The molecule has 1 aliphatic rings. The van der Waals surface area contributed by atoms with Crippen molar-refractivity contribution in [3.63, 3.8) is 0 Å². The summed E-state index contributed by atoms with van der Waals surface area (Å²) < 4.78 is 23.2. The van der Waals surface area contributed by atoms with Crippen LogP contribution in [0.15, 0.2) is 60.8 Å². The van der Waals surface area contributed by atoms with Gasteiger partial charge in [-0.3, -0.25) is 4.79 Å². The Hall–Kier alpha value is -4.27. The van der Waals surface area contributed by atoms with Crippen molar-refractivity contribution in [1.29, 1.82) is 0 Å². The van der Waals surface area contributed by atoms with E-state index in [0.717, 1.165) is 11.3 Å². The highest BCUT2D eigenvalue weighted by molar-refractivity contribution is 5.94. The highest BCUT2D eigenvalue weighted by Crippen LogP contribution is 2.35. The van der Waals surface area contributed by atoms with E-state index in [4.69, 9.17) is 18.9 Å². The summed E-state index contributed by atoms with van der Waals surface area (Å²) >= 11 is 0. The van der Waals surface area contributed by atoms with E-state index < -0.39 is 6.10 Å². The first-order valence-electron chi connectivity index (χ1n) is 9.97. The highest BCUT2D eigenvalue weighted by Gasteiger charge is 2.19.